The molecule has 1 aromatic carbocycles. The molecule has 0 atom stereocenters. The first-order valence-electron chi connectivity index (χ1n) is 3.77. The maximum absolute atomic E-state index is 12.2. The van der Waals surface area contributed by atoms with Crippen LogP contribution >= 0.6 is 0 Å². The molecule has 0 radical (unpaired) electrons. The van der Waals surface area contributed by atoms with E-state index in [0.29, 0.717) is 0 Å². The SMILES string of the molecule is FC(F)(F)c1ccc2c(c1)OC=CO2. The highest BCUT2D eigenvalue weighted by Crippen LogP contribution is 2.37. The van der Waals surface area contributed by atoms with Crippen molar-refractivity contribution in [2.24, 2.45) is 0 Å². The van der Waals surface area contributed by atoms with Gasteiger partial charge in [0.15, 0.2) is 11.5 Å². The number of hydrogen-bond donors (Lipinski definition) is 0. The van der Waals surface area contributed by atoms with Crippen molar-refractivity contribution in [1.29, 1.82) is 0 Å². The summed E-state index contributed by atoms with van der Waals surface area (Å²) in [5.41, 5.74) is -0.754. The molecule has 1 aromatic rings. The first kappa shape index (κ1) is 8.93. The summed E-state index contributed by atoms with van der Waals surface area (Å²) in [6, 6.07) is 3.07. The zero-order valence-electron chi connectivity index (χ0n) is 6.84. The molecule has 2 nitrogen and oxygen atoms in total. The van der Waals surface area contributed by atoms with Gasteiger partial charge in [0.25, 0.3) is 0 Å². The maximum atomic E-state index is 12.2. The van der Waals surface area contributed by atoms with Gasteiger partial charge < -0.3 is 9.47 Å². The summed E-state index contributed by atoms with van der Waals surface area (Å²) < 4.78 is 46.5. The van der Waals surface area contributed by atoms with Crippen LogP contribution in [0.4, 0.5) is 13.2 Å². The number of halogens is 3. The van der Waals surface area contributed by atoms with Crippen molar-refractivity contribution in [3.8, 4) is 11.5 Å². The Morgan fingerprint density at radius 3 is 2.21 bits per heavy atom. The molecular weight excluding hydrogens is 197 g/mol. The molecule has 74 valence electrons. The first-order chi connectivity index (χ1) is 6.57. The summed E-state index contributed by atoms with van der Waals surface area (Å²) >= 11 is 0. The summed E-state index contributed by atoms with van der Waals surface area (Å²) in [6.45, 7) is 0. The zero-order valence-corrected chi connectivity index (χ0v) is 6.84. The standard InChI is InChI=1S/C9H5F3O2/c10-9(11,12)6-1-2-7-8(5-6)14-4-3-13-7/h1-5H. The monoisotopic (exact) mass is 202 g/mol. The molecule has 1 aliphatic heterocycles. The molecule has 2 rings (SSSR count). The van der Waals surface area contributed by atoms with Crippen LogP contribution in [0.2, 0.25) is 0 Å². The number of ether oxygens (including phenoxy) is 2. The smallest absolute Gasteiger partial charge is 0.416 e. The molecule has 0 bridgehead atoms. The molecule has 14 heavy (non-hydrogen) atoms. The Labute approximate surface area is 77.6 Å². The van der Waals surface area contributed by atoms with E-state index in [2.05, 4.69) is 0 Å². The van der Waals surface area contributed by atoms with Gasteiger partial charge in [-0.05, 0) is 18.2 Å². The van der Waals surface area contributed by atoms with Gasteiger partial charge in [-0.25, -0.2) is 0 Å². The molecule has 0 saturated heterocycles. The number of benzene rings is 1. The van der Waals surface area contributed by atoms with Crippen LogP contribution < -0.4 is 9.47 Å². The van der Waals surface area contributed by atoms with Gasteiger partial charge in [-0.3, -0.25) is 0 Å². The van der Waals surface area contributed by atoms with Gasteiger partial charge in [-0.1, -0.05) is 0 Å². The van der Waals surface area contributed by atoms with Crippen molar-refractivity contribution >= 4 is 0 Å². The normalized spacial score (nSPS) is 14.2. The lowest BCUT2D eigenvalue weighted by atomic mass is 10.2. The Hall–Kier alpha value is -1.65. The Morgan fingerprint density at radius 2 is 1.57 bits per heavy atom. The first-order valence-corrected chi connectivity index (χ1v) is 3.77. The summed E-state index contributed by atoms with van der Waals surface area (Å²) in [5.74, 6) is 0.350. The van der Waals surface area contributed by atoms with Gasteiger partial charge in [0.1, 0.15) is 12.5 Å². The average molecular weight is 202 g/mol. The Morgan fingerprint density at radius 1 is 0.929 bits per heavy atom. The van der Waals surface area contributed by atoms with E-state index in [1.54, 1.807) is 0 Å². The predicted molar refractivity (Wildman–Crippen MR) is 41.8 cm³/mol. The van der Waals surface area contributed by atoms with Crippen LogP contribution in [0.1, 0.15) is 5.56 Å². The van der Waals surface area contributed by atoms with Crippen LogP contribution in [0.5, 0.6) is 11.5 Å². The second-order valence-electron chi connectivity index (χ2n) is 2.67. The third kappa shape index (κ3) is 1.53. The van der Waals surface area contributed by atoms with Gasteiger partial charge in [-0.2, -0.15) is 13.2 Å². The van der Waals surface area contributed by atoms with E-state index in [1.807, 2.05) is 0 Å². The van der Waals surface area contributed by atoms with E-state index in [0.717, 1.165) is 12.1 Å². The lowest BCUT2D eigenvalue weighted by molar-refractivity contribution is -0.137. The molecule has 0 fully saturated rings. The fourth-order valence-electron chi connectivity index (χ4n) is 1.08. The fraction of sp³-hybridized carbons (Fsp3) is 0.111. The van der Waals surface area contributed by atoms with Crippen molar-refractivity contribution in [2.45, 2.75) is 6.18 Å². The number of rotatable bonds is 0. The minimum Gasteiger partial charge on any atom is -0.458 e. The maximum Gasteiger partial charge on any atom is 0.416 e. The van der Waals surface area contributed by atoms with E-state index < -0.39 is 11.7 Å². The van der Waals surface area contributed by atoms with E-state index >= 15 is 0 Å². The molecule has 0 amide bonds. The molecule has 0 saturated carbocycles. The summed E-state index contributed by atoms with van der Waals surface area (Å²) in [6.07, 6.45) is -1.92. The van der Waals surface area contributed by atoms with Crippen molar-refractivity contribution in [3.05, 3.63) is 36.3 Å². The third-order valence-electron chi connectivity index (χ3n) is 1.72. The van der Waals surface area contributed by atoms with Crippen LogP contribution in [-0.4, -0.2) is 0 Å². The van der Waals surface area contributed by atoms with Crippen molar-refractivity contribution in [1.82, 2.24) is 0 Å². The van der Waals surface area contributed by atoms with Crippen LogP contribution in [0.25, 0.3) is 0 Å². The van der Waals surface area contributed by atoms with Crippen LogP contribution in [0.15, 0.2) is 30.7 Å². The number of alkyl halides is 3. The molecule has 0 aliphatic carbocycles. The molecule has 0 aromatic heterocycles. The van der Waals surface area contributed by atoms with Gasteiger partial charge in [0.05, 0.1) is 5.56 Å². The second kappa shape index (κ2) is 2.94. The Balaban J connectivity index is 2.41. The lowest BCUT2D eigenvalue weighted by Crippen LogP contribution is -2.06. The molecular formula is C9H5F3O2. The summed E-state index contributed by atoms with van der Waals surface area (Å²) in [7, 11) is 0. The Kier molecular flexibility index (Phi) is 1.87. The third-order valence-corrected chi connectivity index (χ3v) is 1.72. The molecule has 5 heteroatoms. The lowest BCUT2D eigenvalue weighted by Gasteiger charge is -2.14. The topological polar surface area (TPSA) is 18.5 Å². The van der Waals surface area contributed by atoms with E-state index in [1.165, 1.54) is 18.6 Å². The van der Waals surface area contributed by atoms with E-state index in [4.69, 9.17) is 9.47 Å². The fourth-order valence-corrected chi connectivity index (χ4v) is 1.08. The molecule has 0 N–H and O–H groups in total. The van der Waals surface area contributed by atoms with Crippen molar-refractivity contribution in [2.75, 3.05) is 0 Å². The summed E-state index contributed by atoms with van der Waals surface area (Å²) in [4.78, 5) is 0. The van der Waals surface area contributed by atoms with Crippen LogP contribution in [0.3, 0.4) is 0 Å². The minimum absolute atomic E-state index is 0.0716. The highest BCUT2D eigenvalue weighted by atomic mass is 19.4. The zero-order chi connectivity index (χ0) is 10.2. The summed E-state index contributed by atoms with van der Waals surface area (Å²) in [5, 5.41) is 0. The molecule has 0 unspecified atom stereocenters. The van der Waals surface area contributed by atoms with Gasteiger partial charge in [0, 0.05) is 0 Å². The average Bonchev–Trinajstić information content (AvgIpc) is 2.16. The second-order valence-corrected chi connectivity index (χ2v) is 2.67. The highest BCUT2D eigenvalue weighted by Gasteiger charge is 2.31. The molecule has 1 heterocycles. The van der Waals surface area contributed by atoms with Crippen LogP contribution in [0, 0.1) is 0 Å². The highest BCUT2D eigenvalue weighted by molar-refractivity contribution is 5.45. The minimum atomic E-state index is -4.36. The number of hydrogen-bond acceptors (Lipinski definition) is 2. The van der Waals surface area contributed by atoms with Gasteiger partial charge in [-0.15, -0.1) is 0 Å². The van der Waals surface area contributed by atoms with Crippen molar-refractivity contribution in [3.63, 3.8) is 0 Å². The molecule has 1 aliphatic rings. The largest absolute Gasteiger partial charge is 0.458 e. The van der Waals surface area contributed by atoms with Crippen molar-refractivity contribution < 1.29 is 22.6 Å². The predicted octanol–water partition coefficient (Wildman–Crippen LogP) is 2.95. The van der Waals surface area contributed by atoms with Crippen LogP contribution in [-0.2, 0) is 6.18 Å². The van der Waals surface area contributed by atoms with E-state index in [-0.39, 0.29) is 11.5 Å². The van der Waals surface area contributed by atoms with E-state index in [9.17, 15) is 13.2 Å². The van der Waals surface area contributed by atoms with Gasteiger partial charge >= 0.3 is 6.18 Å². The molecule has 0 spiro atoms. The van der Waals surface area contributed by atoms with Gasteiger partial charge in [0.2, 0.25) is 0 Å². The quantitative estimate of drug-likeness (QED) is 0.643. The Bertz CT molecular complexity index is 382. The number of fused-ring (bicyclic) bond motifs is 1.